The Kier molecular flexibility index (Phi) is 6.37. The zero-order valence-corrected chi connectivity index (χ0v) is 15.8. The van der Waals surface area contributed by atoms with Gasteiger partial charge >= 0.3 is 5.97 Å². The molecule has 1 aromatic heterocycles. The normalized spacial score (nSPS) is 14.1. The molecule has 0 radical (unpaired) electrons. The van der Waals surface area contributed by atoms with Gasteiger partial charge in [-0.05, 0) is 49.2 Å². The number of amides is 2. The van der Waals surface area contributed by atoms with Gasteiger partial charge in [-0.1, -0.05) is 12.8 Å². The van der Waals surface area contributed by atoms with Gasteiger partial charge in [-0.3, -0.25) is 14.6 Å². The topological polar surface area (TPSA) is 88.6 Å². The van der Waals surface area contributed by atoms with Crippen molar-refractivity contribution in [2.24, 2.45) is 0 Å². The van der Waals surface area contributed by atoms with Crippen molar-refractivity contribution in [1.29, 1.82) is 0 Å². The fourth-order valence-electron chi connectivity index (χ4n) is 3.14. The van der Waals surface area contributed by atoms with Crippen LogP contribution in [0.1, 0.15) is 56.9 Å². The Balaban J connectivity index is 1.69. The Morgan fingerprint density at radius 2 is 1.64 bits per heavy atom. The smallest absolute Gasteiger partial charge is 0.337 e. The van der Waals surface area contributed by atoms with E-state index < -0.39 is 5.97 Å². The standard InChI is InChI=1S/C21H23N3O4/c1-28-21(27)15-6-8-17(9-7-15)23-19(25)16-10-11-22-18(14-16)20(26)24-12-4-2-3-5-13-24/h6-11,14H,2-5,12-13H2,1H3,(H,23,25). The number of esters is 1. The molecule has 0 atom stereocenters. The number of nitrogens with one attached hydrogen (secondary N) is 1. The number of carbonyl (C=O) groups excluding carboxylic acids is 3. The molecular weight excluding hydrogens is 358 g/mol. The summed E-state index contributed by atoms with van der Waals surface area (Å²) in [7, 11) is 1.31. The number of methoxy groups -OCH3 is 1. The fraction of sp³-hybridized carbons (Fsp3) is 0.333. The van der Waals surface area contributed by atoms with Crippen molar-refractivity contribution in [1.82, 2.24) is 9.88 Å². The van der Waals surface area contributed by atoms with Crippen LogP contribution in [0.15, 0.2) is 42.6 Å². The van der Waals surface area contributed by atoms with E-state index in [9.17, 15) is 14.4 Å². The molecule has 1 aromatic carbocycles. The van der Waals surface area contributed by atoms with E-state index in [2.05, 4.69) is 15.0 Å². The van der Waals surface area contributed by atoms with Gasteiger partial charge in [-0.25, -0.2) is 4.79 Å². The number of likely N-dealkylation sites (tertiary alicyclic amines) is 1. The van der Waals surface area contributed by atoms with Crippen LogP contribution < -0.4 is 5.32 Å². The van der Waals surface area contributed by atoms with Gasteiger partial charge in [0.15, 0.2) is 0 Å². The van der Waals surface area contributed by atoms with E-state index in [4.69, 9.17) is 0 Å². The number of rotatable bonds is 4. The summed E-state index contributed by atoms with van der Waals surface area (Å²) in [4.78, 5) is 42.7. The Morgan fingerprint density at radius 1 is 0.964 bits per heavy atom. The number of ether oxygens (including phenoxy) is 1. The van der Waals surface area contributed by atoms with Crippen LogP contribution in [0.25, 0.3) is 0 Å². The summed E-state index contributed by atoms with van der Waals surface area (Å²) in [5.74, 6) is -0.930. The van der Waals surface area contributed by atoms with Crippen LogP contribution in [0, 0.1) is 0 Å². The molecule has 0 aliphatic carbocycles. The van der Waals surface area contributed by atoms with Crippen LogP contribution in [-0.4, -0.2) is 47.9 Å². The number of nitrogens with zero attached hydrogens (tertiary/aromatic N) is 2. The van der Waals surface area contributed by atoms with Crippen LogP contribution in [0.5, 0.6) is 0 Å². The Labute approximate surface area is 163 Å². The molecule has 146 valence electrons. The number of hydrogen-bond acceptors (Lipinski definition) is 5. The molecule has 7 nitrogen and oxygen atoms in total. The maximum Gasteiger partial charge on any atom is 0.337 e. The summed E-state index contributed by atoms with van der Waals surface area (Å²) < 4.78 is 4.65. The number of carbonyl (C=O) groups is 3. The molecule has 0 bridgehead atoms. The summed E-state index contributed by atoms with van der Waals surface area (Å²) in [5.41, 5.74) is 1.56. The zero-order valence-electron chi connectivity index (χ0n) is 15.8. The lowest BCUT2D eigenvalue weighted by Crippen LogP contribution is -2.32. The minimum Gasteiger partial charge on any atom is -0.465 e. The molecule has 1 fully saturated rings. The van der Waals surface area contributed by atoms with Crippen LogP contribution in [-0.2, 0) is 4.74 Å². The highest BCUT2D eigenvalue weighted by Gasteiger charge is 2.19. The van der Waals surface area contributed by atoms with Crippen molar-refractivity contribution in [2.45, 2.75) is 25.7 Å². The van der Waals surface area contributed by atoms with E-state index in [-0.39, 0.29) is 17.5 Å². The number of anilines is 1. The predicted molar refractivity (Wildman–Crippen MR) is 104 cm³/mol. The highest BCUT2D eigenvalue weighted by Crippen LogP contribution is 2.15. The molecule has 1 N–H and O–H groups in total. The predicted octanol–water partition coefficient (Wildman–Crippen LogP) is 3.14. The van der Waals surface area contributed by atoms with Gasteiger partial charge < -0.3 is 15.0 Å². The molecule has 7 heteroatoms. The minimum atomic E-state index is -0.441. The van der Waals surface area contributed by atoms with Crippen molar-refractivity contribution in [3.05, 3.63) is 59.4 Å². The van der Waals surface area contributed by atoms with E-state index in [1.165, 1.54) is 19.4 Å². The Hall–Kier alpha value is -3.22. The van der Waals surface area contributed by atoms with Crippen LogP contribution in [0.3, 0.4) is 0 Å². The lowest BCUT2D eigenvalue weighted by atomic mass is 10.1. The van der Waals surface area contributed by atoms with E-state index >= 15 is 0 Å². The van der Waals surface area contributed by atoms with Crippen molar-refractivity contribution in [2.75, 3.05) is 25.5 Å². The van der Waals surface area contributed by atoms with Gasteiger partial charge in [0.25, 0.3) is 11.8 Å². The van der Waals surface area contributed by atoms with E-state index in [0.29, 0.717) is 16.8 Å². The van der Waals surface area contributed by atoms with Crippen LogP contribution in [0.2, 0.25) is 0 Å². The average molecular weight is 381 g/mol. The third-order valence-corrected chi connectivity index (χ3v) is 4.70. The molecule has 2 amide bonds. The van der Waals surface area contributed by atoms with Gasteiger partial charge in [0.05, 0.1) is 12.7 Å². The summed E-state index contributed by atoms with van der Waals surface area (Å²) in [5, 5.41) is 2.75. The largest absolute Gasteiger partial charge is 0.465 e. The highest BCUT2D eigenvalue weighted by molar-refractivity contribution is 6.05. The number of pyridine rings is 1. The molecule has 0 spiro atoms. The van der Waals surface area contributed by atoms with Crippen molar-refractivity contribution in [3.63, 3.8) is 0 Å². The summed E-state index contributed by atoms with van der Waals surface area (Å²) in [6.07, 6.45) is 5.73. The minimum absolute atomic E-state index is 0.140. The molecule has 1 saturated heterocycles. The third kappa shape index (κ3) is 4.73. The Bertz CT molecular complexity index is 856. The lowest BCUT2D eigenvalue weighted by Gasteiger charge is -2.19. The number of benzene rings is 1. The van der Waals surface area contributed by atoms with Crippen molar-refractivity contribution < 1.29 is 19.1 Å². The molecule has 2 heterocycles. The maximum atomic E-state index is 12.7. The van der Waals surface area contributed by atoms with E-state index in [1.54, 1.807) is 30.3 Å². The second-order valence-corrected chi connectivity index (χ2v) is 6.66. The molecule has 3 rings (SSSR count). The second kappa shape index (κ2) is 9.12. The molecule has 1 aliphatic heterocycles. The maximum absolute atomic E-state index is 12.7. The molecular formula is C21H23N3O4. The fourth-order valence-corrected chi connectivity index (χ4v) is 3.14. The van der Waals surface area contributed by atoms with Gasteiger partial charge in [0, 0.05) is 30.5 Å². The first kappa shape index (κ1) is 19.5. The van der Waals surface area contributed by atoms with Gasteiger partial charge in [0.1, 0.15) is 5.69 Å². The van der Waals surface area contributed by atoms with Crippen LogP contribution >= 0.6 is 0 Å². The average Bonchev–Trinajstić information content (AvgIpc) is 3.03. The zero-order chi connectivity index (χ0) is 19.9. The van der Waals surface area contributed by atoms with E-state index in [1.807, 2.05) is 4.90 Å². The third-order valence-electron chi connectivity index (χ3n) is 4.70. The van der Waals surface area contributed by atoms with Crippen molar-refractivity contribution in [3.8, 4) is 0 Å². The van der Waals surface area contributed by atoms with E-state index in [0.717, 1.165) is 38.8 Å². The molecule has 0 unspecified atom stereocenters. The highest BCUT2D eigenvalue weighted by atomic mass is 16.5. The molecule has 1 aliphatic rings. The van der Waals surface area contributed by atoms with Gasteiger partial charge in [0.2, 0.25) is 0 Å². The van der Waals surface area contributed by atoms with Crippen molar-refractivity contribution >= 4 is 23.5 Å². The number of aromatic nitrogens is 1. The summed E-state index contributed by atoms with van der Waals surface area (Å²) in [6, 6.07) is 9.47. The molecule has 0 saturated carbocycles. The summed E-state index contributed by atoms with van der Waals surface area (Å²) in [6.45, 7) is 1.45. The molecule has 28 heavy (non-hydrogen) atoms. The first-order valence-corrected chi connectivity index (χ1v) is 9.33. The first-order chi connectivity index (χ1) is 13.6. The quantitative estimate of drug-likeness (QED) is 0.822. The number of hydrogen-bond donors (Lipinski definition) is 1. The van der Waals surface area contributed by atoms with Gasteiger partial charge in [-0.2, -0.15) is 0 Å². The van der Waals surface area contributed by atoms with Crippen LogP contribution in [0.4, 0.5) is 5.69 Å². The molecule has 2 aromatic rings. The van der Waals surface area contributed by atoms with Gasteiger partial charge in [-0.15, -0.1) is 0 Å². The first-order valence-electron chi connectivity index (χ1n) is 9.33. The second-order valence-electron chi connectivity index (χ2n) is 6.66. The Morgan fingerprint density at radius 3 is 2.29 bits per heavy atom. The monoisotopic (exact) mass is 381 g/mol. The SMILES string of the molecule is COC(=O)c1ccc(NC(=O)c2ccnc(C(=O)N3CCCCCC3)c2)cc1. The lowest BCUT2D eigenvalue weighted by molar-refractivity contribution is 0.0600. The summed E-state index contributed by atoms with van der Waals surface area (Å²) >= 11 is 0.